The Morgan fingerprint density at radius 3 is 2.58 bits per heavy atom. The maximum atomic E-state index is 12.1. The highest BCUT2D eigenvalue weighted by Crippen LogP contribution is 2.22. The molecule has 0 saturated heterocycles. The Balaban J connectivity index is 2.27. The molecule has 1 amide bonds. The first kappa shape index (κ1) is 13.1. The highest BCUT2D eigenvalue weighted by atomic mass is 16.1. The lowest BCUT2D eigenvalue weighted by Crippen LogP contribution is -2.15. The average molecular weight is 255 g/mol. The van der Waals surface area contributed by atoms with Crippen molar-refractivity contribution in [3.05, 3.63) is 52.8 Å². The quantitative estimate of drug-likeness (QED) is 0.811. The summed E-state index contributed by atoms with van der Waals surface area (Å²) in [5, 5.41) is 2.86. The van der Waals surface area contributed by atoms with Crippen LogP contribution in [0.1, 0.15) is 27.3 Å². The van der Waals surface area contributed by atoms with Crippen LogP contribution in [-0.4, -0.2) is 10.9 Å². The summed E-state index contributed by atoms with van der Waals surface area (Å²) in [5.41, 5.74) is 10.4. The van der Waals surface area contributed by atoms with Crippen molar-refractivity contribution in [1.82, 2.24) is 4.98 Å². The molecule has 1 aromatic heterocycles. The van der Waals surface area contributed by atoms with Crippen LogP contribution in [0.25, 0.3) is 0 Å². The summed E-state index contributed by atoms with van der Waals surface area (Å²) in [6.07, 6.45) is 0. The lowest BCUT2D eigenvalue weighted by molar-refractivity contribution is 0.102. The van der Waals surface area contributed by atoms with Crippen molar-refractivity contribution in [1.29, 1.82) is 0 Å². The van der Waals surface area contributed by atoms with Crippen LogP contribution in [0.5, 0.6) is 0 Å². The number of hydrogen-bond acceptors (Lipinski definition) is 3. The van der Waals surface area contributed by atoms with Crippen LogP contribution in [0.4, 0.5) is 11.4 Å². The van der Waals surface area contributed by atoms with Crippen molar-refractivity contribution in [2.75, 3.05) is 11.1 Å². The Kier molecular flexibility index (Phi) is 3.51. The fourth-order valence-corrected chi connectivity index (χ4v) is 1.83. The molecule has 0 aliphatic heterocycles. The predicted octanol–water partition coefficient (Wildman–Crippen LogP) is 2.84. The number of nitrogens with two attached hydrogens (primary N) is 1. The summed E-state index contributed by atoms with van der Waals surface area (Å²) in [4.78, 5) is 16.3. The van der Waals surface area contributed by atoms with E-state index < -0.39 is 0 Å². The van der Waals surface area contributed by atoms with Crippen LogP contribution in [-0.2, 0) is 0 Å². The fourth-order valence-electron chi connectivity index (χ4n) is 1.83. The molecular formula is C15H17N3O. The van der Waals surface area contributed by atoms with E-state index in [1.54, 1.807) is 6.07 Å². The van der Waals surface area contributed by atoms with Crippen molar-refractivity contribution < 1.29 is 4.79 Å². The third-order valence-corrected chi connectivity index (χ3v) is 2.98. The molecule has 0 aliphatic rings. The number of pyridine rings is 1. The molecule has 2 rings (SSSR count). The maximum absolute atomic E-state index is 12.1. The number of benzene rings is 1. The number of rotatable bonds is 2. The molecule has 1 aromatic carbocycles. The van der Waals surface area contributed by atoms with Gasteiger partial charge < -0.3 is 11.1 Å². The Morgan fingerprint density at radius 1 is 1.16 bits per heavy atom. The summed E-state index contributed by atoms with van der Waals surface area (Å²) >= 11 is 0. The van der Waals surface area contributed by atoms with Gasteiger partial charge in [-0.15, -0.1) is 0 Å². The normalized spacial score (nSPS) is 10.3. The molecule has 19 heavy (non-hydrogen) atoms. The third kappa shape index (κ3) is 2.91. The Labute approximate surface area is 112 Å². The van der Waals surface area contributed by atoms with Crippen LogP contribution in [0.2, 0.25) is 0 Å². The highest BCUT2D eigenvalue weighted by Gasteiger charge is 2.10. The molecule has 0 atom stereocenters. The van der Waals surface area contributed by atoms with Gasteiger partial charge in [0.15, 0.2) is 0 Å². The summed E-state index contributed by atoms with van der Waals surface area (Å²) in [6.45, 7) is 5.68. The number of carbonyl (C=O) groups is 1. The van der Waals surface area contributed by atoms with E-state index in [-0.39, 0.29) is 5.91 Å². The van der Waals surface area contributed by atoms with Gasteiger partial charge in [0.25, 0.3) is 5.91 Å². The smallest absolute Gasteiger partial charge is 0.274 e. The standard InChI is InChI=1S/C15H17N3O/c1-9-8-14(10(2)7-12(9)16)18-15(19)13-6-4-5-11(3)17-13/h4-8H,16H2,1-3H3,(H,18,19). The minimum atomic E-state index is -0.212. The first-order chi connectivity index (χ1) is 8.97. The molecule has 0 aliphatic carbocycles. The van der Waals surface area contributed by atoms with Crippen molar-refractivity contribution in [3.63, 3.8) is 0 Å². The zero-order valence-corrected chi connectivity index (χ0v) is 11.3. The zero-order valence-electron chi connectivity index (χ0n) is 11.3. The number of nitrogen functional groups attached to an aromatic ring is 1. The van der Waals surface area contributed by atoms with Gasteiger partial charge in [0.05, 0.1) is 0 Å². The van der Waals surface area contributed by atoms with Crippen molar-refractivity contribution in [3.8, 4) is 0 Å². The monoisotopic (exact) mass is 255 g/mol. The van der Waals surface area contributed by atoms with E-state index in [2.05, 4.69) is 10.3 Å². The summed E-state index contributed by atoms with van der Waals surface area (Å²) in [5.74, 6) is -0.212. The van der Waals surface area contributed by atoms with Crippen LogP contribution >= 0.6 is 0 Å². The molecule has 0 radical (unpaired) electrons. The highest BCUT2D eigenvalue weighted by molar-refractivity contribution is 6.03. The van der Waals surface area contributed by atoms with Gasteiger partial charge in [0.1, 0.15) is 5.69 Å². The molecule has 4 nitrogen and oxygen atoms in total. The first-order valence-electron chi connectivity index (χ1n) is 6.09. The second-order valence-corrected chi connectivity index (χ2v) is 4.64. The molecule has 1 heterocycles. The van der Waals surface area contributed by atoms with Crippen molar-refractivity contribution >= 4 is 17.3 Å². The topological polar surface area (TPSA) is 68.0 Å². The van der Waals surface area contributed by atoms with Crippen LogP contribution < -0.4 is 11.1 Å². The number of aromatic nitrogens is 1. The average Bonchev–Trinajstić information content (AvgIpc) is 2.36. The van der Waals surface area contributed by atoms with Crippen LogP contribution in [0.15, 0.2) is 30.3 Å². The lowest BCUT2D eigenvalue weighted by Gasteiger charge is -2.11. The van der Waals surface area contributed by atoms with Gasteiger partial charge in [-0.3, -0.25) is 4.79 Å². The van der Waals surface area contributed by atoms with E-state index in [1.165, 1.54) is 0 Å². The number of carbonyl (C=O) groups excluding carboxylic acids is 1. The maximum Gasteiger partial charge on any atom is 0.274 e. The molecule has 0 spiro atoms. The first-order valence-corrected chi connectivity index (χ1v) is 6.09. The number of nitrogens with one attached hydrogen (secondary N) is 1. The van der Waals surface area contributed by atoms with Crippen LogP contribution in [0, 0.1) is 20.8 Å². The SMILES string of the molecule is Cc1cccc(C(=O)Nc2cc(C)c(N)cc2C)n1. The van der Waals surface area contributed by atoms with E-state index >= 15 is 0 Å². The minimum Gasteiger partial charge on any atom is -0.399 e. The van der Waals surface area contributed by atoms with E-state index in [0.29, 0.717) is 5.69 Å². The summed E-state index contributed by atoms with van der Waals surface area (Å²) in [7, 11) is 0. The predicted molar refractivity (Wildman–Crippen MR) is 77.3 cm³/mol. The van der Waals surface area contributed by atoms with Gasteiger partial charge in [-0.1, -0.05) is 6.07 Å². The summed E-state index contributed by atoms with van der Waals surface area (Å²) < 4.78 is 0. The van der Waals surface area contributed by atoms with Crippen molar-refractivity contribution in [2.45, 2.75) is 20.8 Å². The van der Waals surface area contributed by atoms with Crippen molar-refractivity contribution in [2.24, 2.45) is 0 Å². The number of amides is 1. The van der Waals surface area contributed by atoms with Gasteiger partial charge in [0.2, 0.25) is 0 Å². The molecule has 2 aromatic rings. The number of nitrogens with zero attached hydrogens (tertiary/aromatic N) is 1. The fraction of sp³-hybridized carbons (Fsp3) is 0.200. The third-order valence-electron chi connectivity index (χ3n) is 2.98. The molecule has 0 unspecified atom stereocenters. The van der Waals surface area contributed by atoms with E-state index in [9.17, 15) is 4.79 Å². The second kappa shape index (κ2) is 5.10. The largest absolute Gasteiger partial charge is 0.399 e. The number of hydrogen-bond donors (Lipinski definition) is 2. The molecule has 0 bridgehead atoms. The van der Waals surface area contributed by atoms with Gasteiger partial charge in [-0.25, -0.2) is 4.98 Å². The second-order valence-electron chi connectivity index (χ2n) is 4.64. The van der Waals surface area contributed by atoms with Gasteiger partial charge in [0, 0.05) is 17.1 Å². The van der Waals surface area contributed by atoms with E-state index in [1.807, 2.05) is 45.0 Å². The lowest BCUT2D eigenvalue weighted by atomic mass is 10.1. The molecule has 3 N–H and O–H groups in total. The van der Waals surface area contributed by atoms with Gasteiger partial charge in [-0.2, -0.15) is 0 Å². The molecule has 0 fully saturated rings. The molecule has 98 valence electrons. The minimum absolute atomic E-state index is 0.212. The summed E-state index contributed by atoms with van der Waals surface area (Å²) in [6, 6.07) is 9.10. The zero-order chi connectivity index (χ0) is 14.0. The van der Waals surface area contributed by atoms with Gasteiger partial charge in [-0.05, 0) is 56.2 Å². The van der Waals surface area contributed by atoms with E-state index in [0.717, 1.165) is 28.2 Å². The van der Waals surface area contributed by atoms with Gasteiger partial charge >= 0.3 is 0 Å². The Morgan fingerprint density at radius 2 is 1.89 bits per heavy atom. The number of aryl methyl sites for hydroxylation is 3. The molecule has 0 saturated carbocycles. The Hall–Kier alpha value is -2.36. The molecular weight excluding hydrogens is 238 g/mol. The number of anilines is 2. The molecule has 4 heteroatoms. The van der Waals surface area contributed by atoms with E-state index in [4.69, 9.17) is 5.73 Å². The Bertz CT molecular complexity index is 635. The van der Waals surface area contributed by atoms with Crippen LogP contribution in [0.3, 0.4) is 0 Å².